The van der Waals surface area contributed by atoms with Crippen molar-refractivity contribution in [2.24, 2.45) is 7.05 Å². The molecule has 1 fully saturated rings. The van der Waals surface area contributed by atoms with Gasteiger partial charge in [0.05, 0.1) is 0 Å². The normalized spacial score (nSPS) is 19.7. The predicted octanol–water partition coefficient (Wildman–Crippen LogP) is 2.41. The maximum Gasteiger partial charge on any atom is 0.407 e. The van der Waals surface area contributed by atoms with E-state index >= 15 is 0 Å². The van der Waals surface area contributed by atoms with Crippen LogP contribution in [-0.2, 0) is 11.8 Å². The van der Waals surface area contributed by atoms with E-state index in [1.807, 2.05) is 26.8 Å². The predicted molar refractivity (Wildman–Crippen MR) is 101 cm³/mol. The topological polar surface area (TPSA) is 114 Å². The lowest BCUT2D eigenvalue weighted by Crippen LogP contribution is -2.42. The molecule has 0 unspecified atom stereocenters. The molecule has 0 radical (unpaired) electrons. The van der Waals surface area contributed by atoms with Gasteiger partial charge in [-0.25, -0.2) is 9.48 Å². The van der Waals surface area contributed by atoms with Gasteiger partial charge in [-0.05, 0) is 46.1 Å². The second kappa shape index (κ2) is 7.42. The first kappa shape index (κ1) is 18.9. The zero-order chi connectivity index (χ0) is 19.6. The molecule has 1 aliphatic rings. The lowest BCUT2D eigenvalue weighted by atomic mass is 10.0. The summed E-state index contributed by atoms with van der Waals surface area (Å²) in [5.74, 6) is 1.43. The summed E-state index contributed by atoms with van der Waals surface area (Å²) in [4.78, 5) is 23.3. The number of carbonyl (C=O) groups excluding carboxylic acids is 1. The van der Waals surface area contributed by atoms with E-state index < -0.39 is 0 Å². The molecule has 1 saturated carbocycles. The number of anilines is 2. The number of aromatic amines is 1. The van der Waals surface area contributed by atoms with Crippen LogP contribution >= 0.6 is 0 Å². The first-order chi connectivity index (χ1) is 12.7. The lowest BCUT2D eigenvalue weighted by molar-refractivity contribution is 0.0937. The summed E-state index contributed by atoms with van der Waals surface area (Å²) < 4.78 is 6.78. The quantitative estimate of drug-likeness (QED) is 0.757. The maximum absolute atomic E-state index is 11.9. The van der Waals surface area contributed by atoms with E-state index in [0.717, 1.165) is 25.0 Å². The lowest BCUT2D eigenvalue weighted by Gasteiger charge is -2.22. The van der Waals surface area contributed by atoms with Gasteiger partial charge in [0.25, 0.3) is 5.56 Å². The van der Waals surface area contributed by atoms with Gasteiger partial charge in [-0.3, -0.25) is 9.89 Å². The van der Waals surface area contributed by atoms with Crippen LogP contribution < -0.4 is 16.2 Å². The second-order valence-electron chi connectivity index (χ2n) is 7.93. The fourth-order valence-electron chi connectivity index (χ4n) is 3.13. The number of aryl methyl sites for hydroxylation is 1. The Morgan fingerprint density at radius 3 is 2.78 bits per heavy atom. The number of rotatable bonds is 4. The molecule has 2 heterocycles. The number of amides is 1. The maximum atomic E-state index is 11.9. The number of nitrogens with zero attached hydrogens (tertiary/aromatic N) is 3. The largest absolute Gasteiger partial charge is 0.446 e. The van der Waals surface area contributed by atoms with Crippen molar-refractivity contribution in [2.75, 3.05) is 5.32 Å². The van der Waals surface area contributed by atoms with Gasteiger partial charge in [0, 0.05) is 36.3 Å². The van der Waals surface area contributed by atoms with Crippen LogP contribution in [0.1, 0.15) is 51.6 Å². The highest BCUT2D eigenvalue weighted by Gasteiger charge is 2.30. The SMILES string of the molecule is Cn1nc(Nc2cc([C@H]3CC[C@@H](OC(=O)NC(C)(C)C)C3)[nH]n2)ccc1=O. The highest BCUT2D eigenvalue weighted by Crippen LogP contribution is 2.36. The standard InChI is InChI=1S/C18H26N6O3/c1-18(2,3)20-17(26)27-12-6-5-11(9-12)13-10-15(22-21-13)19-14-7-8-16(25)24(4)23-14/h7-8,10-12H,5-6,9H2,1-4H3,(H,20,26)(H2,19,21,22,23)/t11-,12+/m0/s1. The molecule has 0 aromatic carbocycles. The monoisotopic (exact) mass is 374 g/mol. The molecule has 27 heavy (non-hydrogen) atoms. The Kier molecular flexibility index (Phi) is 5.20. The van der Waals surface area contributed by atoms with Crippen LogP contribution in [0.4, 0.5) is 16.4 Å². The van der Waals surface area contributed by atoms with E-state index in [1.54, 1.807) is 13.1 Å². The van der Waals surface area contributed by atoms with E-state index in [-0.39, 0.29) is 29.2 Å². The molecule has 9 heteroatoms. The molecule has 9 nitrogen and oxygen atoms in total. The van der Waals surface area contributed by atoms with E-state index in [0.29, 0.717) is 11.6 Å². The molecule has 3 N–H and O–H groups in total. The molecule has 2 aromatic heterocycles. The van der Waals surface area contributed by atoms with Crippen molar-refractivity contribution in [3.63, 3.8) is 0 Å². The molecule has 2 aromatic rings. The number of hydrogen-bond donors (Lipinski definition) is 3. The van der Waals surface area contributed by atoms with Gasteiger partial charge < -0.3 is 15.4 Å². The van der Waals surface area contributed by atoms with E-state index in [1.165, 1.54) is 10.7 Å². The minimum atomic E-state index is -0.374. The minimum Gasteiger partial charge on any atom is -0.446 e. The van der Waals surface area contributed by atoms with Gasteiger partial charge in [0.15, 0.2) is 11.6 Å². The summed E-state index contributed by atoms with van der Waals surface area (Å²) in [6, 6.07) is 4.99. The van der Waals surface area contributed by atoms with Crippen LogP contribution in [0, 0.1) is 0 Å². The Labute approximate surface area is 157 Å². The van der Waals surface area contributed by atoms with Crippen molar-refractivity contribution in [1.82, 2.24) is 25.3 Å². The first-order valence-electron chi connectivity index (χ1n) is 9.05. The Morgan fingerprint density at radius 2 is 2.07 bits per heavy atom. The fourth-order valence-corrected chi connectivity index (χ4v) is 3.13. The van der Waals surface area contributed by atoms with Crippen molar-refractivity contribution < 1.29 is 9.53 Å². The summed E-state index contributed by atoms with van der Waals surface area (Å²) in [7, 11) is 1.60. The van der Waals surface area contributed by atoms with Crippen LogP contribution in [0.15, 0.2) is 23.0 Å². The third kappa shape index (κ3) is 5.08. The molecule has 0 bridgehead atoms. The number of alkyl carbamates (subject to hydrolysis) is 1. The molecule has 1 aliphatic carbocycles. The van der Waals surface area contributed by atoms with Crippen LogP contribution in [0.2, 0.25) is 0 Å². The summed E-state index contributed by atoms with van der Waals surface area (Å²) >= 11 is 0. The Hall–Kier alpha value is -2.84. The third-order valence-corrected chi connectivity index (χ3v) is 4.39. The first-order valence-corrected chi connectivity index (χ1v) is 9.05. The zero-order valence-corrected chi connectivity index (χ0v) is 16.1. The average molecular weight is 374 g/mol. The molecule has 146 valence electrons. The number of H-pyrrole nitrogens is 1. The number of carbonyl (C=O) groups is 1. The molecular weight excluding hydrogens is 348 g/mol. The van der Waals surface area contributed by atoms with Gasteiger partial charge in [0.1, 0.15) is 6.10 Å². The fraction of sp³-hybridized carbons (Fsp3) is 0.556. The van der Waals surface area contributed by atoms with E-state index in [9.17, 15) is 9.59 Å². The number of nitrogens with one attached hydrogen (secondary N) is 3. The third-order valence-electron chi connectivity index (χ3n) is 4.39. The van der Waals surface area contributed by atoms with Gasteiger partial charge >= 0.3 is 6.09 Å². The van der Waals surface area contributed by atoms with Crippen LogP contribution in [0.5, 0.6) is 0 Å². The number of ether oxygens (including phenoxy) is 1. The van der Waals surface area contributed by atoms with Gasteiger partial charge in [-0.1, -0.05) is 0 Å². The van der Waals surface area contributed by atoms with Gasteiger partial charge in [-0.15, -0.1) is 0 Å². The zero-order valence-electron chi connectivity index (χ0n) is 16.1. The summed E-state index contributed by atoms with van der Waals surface area (Å²) in [6.45, 7) is 5.76. The van der Waals surface area contributed by atoms with Gasteiger partial charge in [-0.2, -0.15) is 10.2 Å². The van der Waals surface area contributed by atoms with Crippen molar-refractivity contribution in [3.8, 4) is 0 Å². The molecular formula is C18H26N6O3. The Balaban J connectivity index is 1.56. The highest BCUT2D eigenvalue weighted by molar-refractivity contribution is 5.68. The van der Waals surface area contributed by atoms with Crippen LogP contribution in [-0.4, -0.2) is 37.7 Å². The van der Waals surface area contributed by atoms with Crippen LogP contribution in [0.25, 0.3) is 0 Å². The number of hydrogen-bond acceptors (Lipinski definition) is 6. The van der Waals surface area contributed by atoms with Crippen molar-refractivity contribution >= 4 is 17.7 Å². The molecule has 0 saturated heterocycles. The molecule has 0 aliphatic heterocycles. The average Bonchev–Trinajstić information content (AvgIpc) is 3.18. The van der Waals surface area contributed by atoms with Crippen molar-refractivity contribution in [2.45, 2.75) is 57.6 Å². The molecule has 0 spiro atoms. The minimum absolute atomic E-state index is 0.0950. The Bertz CT molecular complexity index is 866. The highest BCUT2D eigenvalue weighted by atomic mass is 16.6. The summed E-state index contributed by atoms with van der Waals surface area (Å²) in [6.07, 6.45) is 2.04. The van der Waals surface area contributed by atoms with E-state index in [4.69, 9.17) is 4.74 Å². The van der Waals surface area contributed by atoms with Crippen molar-refractivity contribution in [3.05, 3.63) is 34.2 Å². The summed E-state index contributed by atoms with van der Waals surface area (Å²) in [5, 5.41) is 17.3. The van der Waals surface area contributed by atoms with Gasteiger partial charge in [0.2, 0.25) is 0 Å². The summed E-state index contributed by atoms with van der Waals surface area (Å²) in [5.41, 5.74) is 0.508. The van der Waals surface area contributed by atoms with Crippen LogP contribution in [0.3, 0.4) is 0 Å². The van der Waals surface area contributed by atoms with E-state index in [2.05, 4.69) is 25.9 Å². The Morgan fingerprint density at radius 1 is 1.30 bits per heavy atom. The number of aromatic nitrogens is 4. The smallest absolute Gasteiger partial charge is 0.407 e. The molecule has 3 rings (SSSR count). The molecule has 2 atom stereocenters. The molecule has 1 amide bonds. The second-order valence-corrected chi connectivity index (χ2v) is 7.93. The van der Waals surface area contributed by atoms with Crippen molar-refractivity contribution in [1.29, 1.82) is 0 Å².